The van der Waals surface area contributed by atoms with Gasteiger partial charge < -0.3 is 0 Å². The van der Waals surface area contributed by atoms with Gasteiger partial charge in [0.1, 0.15) is 11.6 Å². The van der Waals surface area contributed by atoms with Crippen LogP contribution in [0.25, 0.3) is 0 Å². The van der Waals surface area contributed by atoms with E-state index in [1.165, 1.54) is 4.88 Å². The van der Waals surface area contributed by atoms with Gasteiger partial charge in [-0.25, -0.2) is 8.78 Å². The predicted octanol–water partition coefficient (Wildman–Crippen LogP) is 5.50. The van der Waals surface area contributed by atoms with E-state index in [0.717, 1.165) is 36.3 Å². The minimum absolute atomic E-state index is 0.0912. The first-order valence-electron chi connectivity index (χ1n) is 6.81. The highest BCUT2D eigenvalue weighted by Gasteiger charge is 2.09. The van der Waals surface area contributed by atoms with E-state index in [1.807, 2.05) is 12.1 Å². The standard InChI is InChI=1S/C17H13F2NS2/c1-2-3-4-13-5-6-14(22-13)7-8-15-16(18)9-12(20-11-21)10-17(15)19/h5-6,9-10H,2-4H2,1H3. The molecule has 0 bridgehead atoms. The molecule has 1 heterocycles. The van der Waals surface area contributed by atoms with E-state index in [2.05, 4.69) is 41.1 Å². The maximum absolute atomic E-state index is 13.8. The van der Waals surface area contributed by atoms with Gasteiger partial charge >= 0.3 is 0 Å². The first-order chi connectivity index (χ1) is 10.6. The quantitative estimate of drug-likeness (QED) is 0.409. The number of thiocarbonyl (C=S) groups is 1. The highest BCUT2D eigenvalue weighted by molar-refractivity contribution is 7.78. The molecule has 0 aliphatic rings. The van der Waals surface area contributed by atoms with Crippen LogP contribution in [0.3, 0.4) is 0 Å². The van der Waals surface area contributed by atoms with Gasteiger partial charge in [-0.2, -0.15) is 4.99 Å². The molecule has 0 aliphatic heterocycles. The molecule has 1 nitrogen and oxygen atoms in total. The summed E-state index contributed by atoms with van der Waals surface area (Å²) >= 11 is 5.97. The van der Waals surface area contributed by atoms with Gasteiger partial charge in [-0.15, -0.1) is 11.3 Å². The van der Waals surface area contributed by atoms with Crippen molar-refractivity contribution >= 4 is 34.4 Å². The molecule has 0 saturated heterocycles. The van der Waals surface area contributed by atoms with Gasteiger partial charge in [0, 0.05) is 17.0 Å². The Hall–Kier alpha value is -1.86. The Labute approximate surface area is 137 Å². The van der Waals surface area contributed by atoms with Crippen LogP contribution in [-0.4, -0.2) is 5.16 Å². The van der Waals surface area contributed by atoms with Crippen molar-refractivity contribution in [3.63, 3.8) is 0 Å². The first kappa shape index (κ1) is 16.5. The van der Waals surface area contributed by atoms with Gasteiger partial charge in [0.15, 0.2) is 0 Å². The third-order valence-electron chi connectivity index (χ3n) is 2.95. The van der Waals surface area contributed by atoms with Gasteiger partial charge in [-0.1, -0.05) is 25.2 Å². The Kier molecular flexibility index (Phi) is 5.97. The molecule has 0 aliphatic carbocycles. The lowest BCUT2D eigenvalue weighted by atomic mass is 10.2. The number of nitrogens with zero attached hydrogens (tertiary/aromatic N) is 1. The highest BCUT2D eigenvalue weighted by atomic mass is 32.1. The number of aryl methyl sites for hydroxylation is 1. The summed E-state index contributed by atoms with van der Waals surface area (Å²) in [5.41, 5.74) is -0.166. The van der Waals surface area contributed by atoms with E-state index in [1.54, 1.807) is 11.3 Å². The van der Waals surface area contributed by atoms with Gasteiger partial charge in [0.2, 0.25) is 0 Å². The van der Waals surface area contributed by atoms with Crippen molar-refractivity contribution in [2.24, 2.45) is 4.99 Å². The van der Waals surface area contributed by atoms with Crippen LogP contribution in [0.1, 0.15) is 35.1 Å². The van der Waals surface area contributed by atoms with Gasteiger partial charge in [-0.3, -0.25) is 0 Å². The largest absolute Gasteiger partial charge is 0.205 e. The van der Waals surface area contributed by atoms with E-state index in [9.17, 15) is 8.78 Å². The number of benzene rings is 1. The minimum Gasteiger partial charge on any atom is -0.205 e. The Morgan fingerprint density at radius 1 is 1.18 bits per heavy atom. The summed E-state index contributed by atoms with van der Waals surface area (Å²) in [6.07, 6.45) is 3.26. The lowest BCUT2D eigenvalue weighted by Gasteiger charge is -1.98. The number of unbranched alkanes of at least 4 members (excludes halogenated alkanes) is 1. The predicted molar refractivity (Wildman–Crippen MR) is 90.0 cm³/mol. The molecule has 0 spiro atoms. The number of halogens is 2. The summed E-state index contributed by atoms with van der Waals surface area (Å²) in [6, 6.07) is 6.07. The van der Waals surface area contributed by atoms with E-state index in [-0.39, 0.29) is 11.3 Å². The topological polar surface area (TPSA) is 12.4 Å². The molecule has 0 atom stereocenters. The minimum atomic E-state index is -0.751. The molecular weight excluding hydrogens is 320 g/mol. The SMILES string of the molecule is CCCCc1ccc(C#Cc2c(F)cc(N=C=S)cc2F)s1. The van der Waals surface area contributed by atoms with Crippen LogP contribution in [0, 0.1) is 23.5 Å². The van der Waals surface area contributed by atoms with Crippen LogP contribution in [0.2, 0.25) is 0 Å². The van der Waals surface area contributed by atoms with Crippen LogP contribution >= 0.6 is 23.6 Å². The van der Waals surface area contributed by atoms with Crippen molar-refractivity contribution in [1.29, 1.82) is 0 Å². The van der Waals surface area contributed by atoms with Gasteiger partial charge in [0.25, 0.3) is 0 Å². The monoisotopic (exact) mass is 333 g/mol. The number of hydrogen-bond acceptors (Lipinski definition) is 3. The lowest BCUT2D eigenvalue weighted by Crippen LogP contribution is -1.89. The van der Waals surface area contributed by atoms with Gasteiger partial charge in [-0.05, 0) is 37.2 Å². The normalized spacial score (nSPS) is 9.77. The number of hydrogen-bond donors (Lipinski definition) is 0. The summed E-state index contributed by atoms with van der Waals surface area (Å²) in [6.45, 7) is 2.14. The molecule has 112 valence electrons. The Morgan fingerprint density at radius 3 is 2.55 bits per heavy atom. The number of aliphatic imine (C=N–C) groups is 1. The molecule has 0 saturated carbocycles. The third kappa shape index (κ3) is 4.32. The Morgan fingerprint density at radius 2 is 1.91 bits per heavy atom. The molecule has 0 amide bonds. The molecule has 0 radical (unpaired) electrons. The van der Waals surface area contributed by atoms with Gasteiger partial charge in [0.05, 0.1) is 21.3 Å². The summed E-state index contributed by atoms with van der Waals surface area (Å²) in [4.78, 5) is 5.59. The highest BCUT2D eigenvalue weighted by Crippen LogP contribution is 2.21. The fourth-order valence-electron chi connectivity index (χ4n) is 1.85. The smallest absolute Gasteiger partial charge is 0.143 e. The van der Waals surface area contributed by atoms with E-state index in [0.29, 0.717) is 0 Å². The maximum Gasteiger partial charge on any atom is 0.143 e. The lowest BCUT2D eigenvalue weighted by molar-refractivity contribution is 0.578. The second kappa shape index (κ2) is 7.95. The average molecular weight is 333 g/mol. The van der Waals surface area contributed by atoms with E-state index >= 15 is 0 Å². The van der Waals surface area contributed by atoms with Crippen molar-refractivity contribution < 1.29 is 8.78 Å². The van der Waals surface area contributed by atoms with Crippen LogP contribution in [0.4, 0.5) is 14.5 Å². The number of rotatable bonds is 4. The Bertz CT molecular complexity index is 754. The summed E-state index contributed by atoms with van der Waals surface area (Å²) in [5.74, 6) is 3.87. The molecule has 22 heavy (non-hydrogen) atoms. The molecule has 0 N–H and O–H groups in total. The zero-order valence-corrected chi connectivity index (χ0v) is 13.6. The molecule has 0 fully saturated rings. The fourth-order valence-corrected chi connectivity index (χ4v) is 2.86. The summed E-state index contributed by atoms with van der Waals surface area (Å²) in [7, 11) is 0. The molecule has 1 aromatic heterocycles. The maximum atomic E-state index is 13.8. The average Bonchev–Trinajstić information content (AvgIpc) is 2.92. The molecule has 2 rings (SSSR count). The molecule has 2 aromatic rings. The second-order valence-corrected chi connectivity index (χ2v) is 5.96. The Balaban J connectivity index is 2.24. The zero-order valence-electron chi connectivity index (χ0n) is 12.0. The molecule has 5 heteroatoms. The number of isothiocyanates is 1. The van der Waals surface area contributed by atoms with Crippen LogP contribution in [-0.2, 0) is 6.42 Å². The van der Waals surface area contributed by atoms with Crippen LogP contribution < -0.4 is 0 Å². The molecule has 0 unspecified atom stereocenters. The van der Waals surface area contributed by atoms with Crippen LogP contribution in [0.5, 0.6) is 0 Å². The molecular formula is C17H13F2NS2. The van der Waals surface area contributed by atoms with Crippen molar-refractivity contribution in [3.8, 4) is 11.8 Å². The third-order valence-corrected chi connectivity index (χ3v) is 4.10. The first-order valence-corrected chi connectivity index (χ1v) is 8.04. The summed E-state index contributed by atoms with van der Waals surface area (Å²) < 4.78 is 27.7. The molecule has 1 aromatic carbocycles. The van der Waals surface area contributed by atoms with E-state index < -0.39 is 11.6 Å². The van der Waals surface area contributed by atoms with Crippen LogP contribution in [0.15, 0.2) is 29.3 Å². The van der Waals surface area contributed by atoms with Crippen molar-refractivity contribution in [2.45, 2.75) is 26.2 Å². The summed E-state index contributed by atoms with van der Waals surface area (Å²) in [5, 5.41) is 2.08. The van der Waals surface area contributed by atoms with Crippen molar-refractivity contribution in [3.05, 3.63) is 51.2 Å². The van der Waals surface area contributed by atoms with E-state index in [4.69, 9.17) is 0 Å². The fraction of sp³-hybridized carbons (Fsp3) is 0.235. The van der Waals surface area contributed by atoms with Crippen molar-refractivity contribution in [1.82, 2.24) is 0 Å². The van der Waals surface area contributed by atoms with Crippen molar-refractivity contribution in [2.75, 3.05) is 0 Å². The second-order valence-electron chi connectivity index (χ2n) is 4.61. The zero-order chi connectivity index (χ0) is 15.9. The number of thiophene rings is 1.